The van der Waals surface area contributed by atoms with Gasteiger partial charge in [0.15, 0.2) is 0 Å². The minimum atomic E-state index is -0.325. The number of hydrogen-bond acceptors (Lipinski definition) is 6. The molecule has 0 radical (unpaired) electrons. The van der Waals surface area contributed by atoms with E-state index in [1.165, 1.54) is 15.8 Å². The van der Waals surface area contributed by atoms with Gasteiger partial charge in [-0.15, -0.1) is 0 Å². The number of rotatable bonds is 6. The number of ether oxygens (including phenoxy) is 1. The minimum absolute atomic E-state index is 0.158. The molecule has 3 rings (SSSR count). The van der Waals surface area contributed by atoms with Crippen LogP contribution in [0.4, 0.5) is 0 Å². The largest absolute Gasteiger partial charge is 0.467 e. The Morgan fingerprint density at radius 1 is 1.44 bits per heavy atom. The van der Waals surface area contributed by atoms with Crippen molar-refractivity contribution in [2.75, 3.05) is 20.8 Å². The van der Waals surface area contributed by atoms with Crippen LogP contribution in [0, 0.1) is 6.92 Å². The fourth-order valence-corrected chi connectivity index (χ4v) is 2.64. The molecule has 25 heavy (non-hydrogen) atoms. The van der Waals surface area contributed by atoms with Gasteiger partial charge < -0.3 is 18.5 Å². The number of carbonyl (C=O) groups is 1. The quantitative estimate of drug-likeness (QED) is 0.677. The molecule has 3 aromatic rings. The van der Waals surface area contributed by atoms with Crippen molar-refractivity contribution in [3.8, 4) is 0 Å². The second-order valence-electron chi connectivity index (χ2n) is 5.69. The summed E-state index contributed by atoms with van der Waals surface area (Å²) in [6, 6.07) is 3.54. The van der Waals surface area contributed by atoms with Crippen LogP contribution in [-0.4, -0.2) is 41.1 Å². The summed E-state index contributed by atoms with van der Waals surface area (Å²) in [4.78, 5) is 31.2. The second-order valence-corrected chi connectivity index (χ2v) is 5.69. The van der Waals surface area contributed by atoms with Crippen molar-refractivity contribution < 1.29 is 18.4 Å². The van der Waals surface area contributed by atoms with Gasteiger partial charge in [0, 0.05) is 14.2 Å². The number of methoxy groups -OCH3 is 1. The van der Waals surface area contributed by atoms with E-state index >= 15 is 0 Å². The van der Waals surface area contributed by atoms with Gasteiger partial charge in [0.2, 0.25) is 5.71 Å². The standard InChI is InChI=1S/C17H19N3O5/c1-11-13(16(21)19(2)9-12-5-4-7-24-12)14-15(25-11)18-10-20(17(14)22)6-8-23-3/h4-5,7,10H,6,8-9H2,1-3H3. The third-order valence-electron chi connectivity index (χ3n) is 3.92. The number of hydrogen-bond donors (Lipinski definition) is 0. The molecular formula is C17H19N3O5. The first-order chi connectivity index (χ1) is 12.0. The highest BCUT2D eigenvalue weighted by Crippen LogP contribution is 2.23. The fraction of sp³-hybridized carbons (Fsp3) is 0.353. The van der Waals surface area contributed by atoms with Gasteiger partial charge >= 0.3 is 0 Å². The van der Waals surface area contributed by atoms with Crippen molar-refractivity contribution >= 4 is 17.0 Å². The average molecular weight is 345 g/mol. The molecule has 0 N–H and O–H groups in total. The Morgan fingerprint density at radius 3 is 2.92 bits per heavy atom. The Kier molecular flexibility index (Phi) is 4.71. The van der Waals surface area contributed by atoms with E-state index in [2.05, 4.69) is 4.98 Å². The number of aromatic nitrogens is 2. The van der Waals surface area contributed by atoms with E-state index in [4.69, 9.17) is 13.6 Å². The molecule has 0 saturated heterocycles. The molecule has 0 spiro atoms. The summed E-state index contributed by atoms with van der Waals surface area (Å²) in [5.41, 5.74) is 0.0629. The molecule has 0 atom stereocenters. The first-order valence-electron chi connectivity index (χ1n) is 7.78. The van der Waals surface area contributed by atoms with Crippen molar-refractivity contribution in [2.24, 2.45) is 0 Å². The van der Waals surface area contributed by atoms with Crippen LogP contribution >= 0.6 is 0 Å². The first-order valence-corrected chi connectivity index (χ1v) is 7.78. The third-order valence-corrected chi connectivity index (χ3v) is 3.92. The van der Waals surface area contributed by atoms with Crippen LogP contribution < -0.4 is 5.56 Å². The zero-order valence-corrected chi connectivity index (χ0v) is 14.3. The Bertz CT molecular complexity index is 939. The smallest absolute Gasteiger partial charge is 0.265 e. The van der Waals surface area contributed by atoms with Gasteiger partial charge in [0.1, 0.15) is 23.2 Å². The summed E-state index contributed by atoms with van der Waals surface area (Å²) in [6.07, 6.45) is 2.94. The van der Waals surface area contributed by atoms with Crippen LogP contribution in [0.3, 0.4) is 0 Å². The van der Waals surface area contributed by atoms with Crippen LogP contribution in [0.25, 0.3) is 11.1 Å². The van der Waals surface area contributed by atoms with Crippen molar-refractivity contribution in [3.05, 3.63) is 52.2 Å². The van der Waals surface area contributed by atoms with Crippen molar-refractivity contribution in [3.63, 3.8) is 0 Å². The summed E-state index contributed by atoms with van der Waals surface area (Å²) in [6.45, 7) is 2.65. The Morgan fingerprint density at radius 2 is 2.24 bits per heavy atom. The second kappa shape index (κ2) is 6.94. The molecule has 8 heteroatoms. The molecule has 0 aliphatic heterocycles. The SMILES string of the molecule is COCCn1cnc2oc(C)c(C(=O)N(C)Cc3ccco3)c2c1=O. The summed E-state index contributed by atoms with van der Waals surface area (Å²) in [7, 11) is 3.19. The lowest BCUT2D eigenvalue weighted by atomic mass is 10.1. The lowest BCUT2D eigenvalue weighted by Crippen LogP contribution is -2.29. The Hall–Kier alpha value is -2.87. The fourth-order valence-electron chi connectivity index (χ4n) is 2.64. The van der Waals surface area contributed by atoms with Gasteiger partial charge in [-0.25, -0.2) is 4.98 Å². The number of aryl methyl sites for hydroxylation is 1. The zero-order valence-electron chi connectivity index (χ0n) is 14.3. The summed E-state index contributed by atoms with van der Waals surface area (Å²) < 4.78 is 17.2. The Balaban J connectivity index is 2.01. The maximum atomic E-state index is 12.9. The van der Waals surface area contributed by atoms with Gasteiger partial charge in [-0.1, -0.05) is 0 Å². The third kappa shape index (κ3) is 3.20. The molecule has 3 aromatic heterocycles. The first kappa shape index (κ1) is 17.0. The number of carbonyl (C=O) groups excluding carboxylic acids is 1. The summed E-state index contributed by atoms with van der Waals surface area (Å²) in [5.74, 6) is 0.688. The molecule has 0 aromatic carbocycles. The van der Waals surface area contributed by atoms with Gasteiger partial charge in [-0.2, -0.15) is 0 Å². The van der Waals surface area contributed by atoms with E-state index in [9.17, 15) is 9.59 Å². The molecular weight excluding hydrogens is 326 g/mol. The van der Waals surface area contributed by atoms with Gasteiger partial charge in [0.05, 0.1) is 31.5 Å². The van der Waals surface area contributed by atoms with E-state index in [0.29, 0.717) is 24.7 Å². The highest BCUT2D eigenvalue weighted by Gasteiger charge is 2.25. The minimum Gasteiger partial charge on any atom is -0.467 e. The highest BCUT2D eigenvalue weighted by molar-refractivity contribution is 6.06. The van der Waals surface area contributed by atoms with Gasteiger partial charge in [0.25, 0.3) is 11.5 Å². The molecule has 132 valence electrons. The van der Waals surface area contributed by atoms with Crippen molar-refractivity contribution in [1.82, 2.24) is 14.5 Å². The molecule has 0 aliphatic carbocycles. The molecule has 0 aliphatic rings. The van der Waals surface area contributed by atoms with Crippen LogP contribution in [0.15, 0.2) is 38.4 Å². The average Bonchev–Trinajstić information content (AvgIpc) is 3.21. The molecule has 0 unspecified atom stereocenters. The van der Waals surface area contributed by atoms with E-state index in [1.54, 1.807) is 39.5 Å². The number of nitrogens with zero attached hydrogens (tertiary/aromatic N) is 3. The number of amides is 1. The lowest BCUT2D eigenvalue weighted by Gasteiger charge is -2.15. The number of furan rings is 2. The monoisotopic (exact) mass is 345 g/mol. The van der Waals surface area contributed by atoms with Crippen molar-refractivity contribution in [1.29, 1.82) is 0 Å². The van der Waals surface area contributed by atoms with Gasteiger partial charge in [-0.3, -0.25) is 14.2 Å². The van der Waals surface area contributed by atoms with E-state index < -0.39 is 0 Å². The molecule has 0 saturated carbocycles. The highest BCUT2D eigenvalue weighted by atomic mass is 16.5. The molecule has 0 bridgehead atoms. The number of fused-ring (bicyclic) bond motifs is 1. The van der Waals surface area contributed by atoms with Gasteiger partial charge in [-0.05, 0) is 19.1 Å². The predicted octanol–water partition coefficient (Wildman–Crippen LogP) is 1.81. The summed E-state index contributed by atoms with van der Waals surface area (Å²) in [5, 5.41) is 0.187. The topological polar surface area (TPSA) is 90.7 Å². The maximum Gasteiger partial charge on any atom is 0.265 e. The Labute approximate surface area is 143 Å². The molecule has 3 heterocycles. The van der Waals surface area contributed by atoms with Crippen LogP contribution in [0.2, 0.25) is 0 Å². The van der Waals surface area contributed by atoms with Crippen LogP contribution in [0.1, 0.15) is 21.9 Å². The predicted molar refractivity (Wildman–Crippen MR) is 89.4 cm³/mol. The maximum absolute atomic E-state index is 12.9. The van der Waals surface area contributed by atoms with Crippen molar-refractivity contribution in [2.45, 2.75) is 20.0 Å². The van der Waals surface area contributed by atoms with Crippen LogP contribution in [0.5, 0.6) is 0 Å². The zero-order chi connectivity index (χ0) is 18.0. The van der Waals surface area contributed by atoms with E-state index in [-0.39, 0.29) is 34.7 Å². The molecule has 8 nitrogen and oxygen atoms in total. The lowest BCUT2D eigenvalue weighted by molar-refractivity contribution is 0.0775. The van der Waals surface area contributed by atoms with Crippen LogP contribution in [-0.2, 0) is 17.8 Å². The summed E-state index contributed by atoms with van der Waals surface area (Å²) >= 11 is 0. The normalized spacial score (nSPS) is 11.2. The molecule has 0 fully saturated rings. The van der Waals surface area contributed by atoms with E-state index in [0.717, 1.165) is 0 Å². The van der Waals surface area contributed by atoms with E-state index in [1.807, 2.05) is 0 Å². The molecule has 1 amide bonds.